The van der Waals surface area contributed by atoms with E-state index in [2.05, 4.69) is 10.3 Å². The van der Waals surface area contributed by atoms with Gasteiger partial charge >= 0.3 is 0 Å². The van der Waals surface area contributed by atoms with Crippen LogP contribution in [0.2, 0.25) is 0 Å². The van der Waals surface area contributed by atoms with Crippen LogP contribution in [0.1, 0.15) is 18.5 Å². The fraction of sp³-hybridized carbons (Fsp3) is 0.273. The van der Waals surface area contributed by atoms with Gasteiger partial charge in [-0.2, -0.15) is 4.31 Å². The summed E-state index contributed by atoms with van der Waals surface area (Å²) in [5, 5.41) is 5.73. The van der Waals surface area contributed by atoms with Gasteiger partial charge in [0.2, 0.25) is 15.9 Å². The number of thiazole rings is 1. The summed E-state index contributed by atoms with van der Waals surface area (Å²) in [7, 11) is -3.90. The number of nitrogens with zero attached hydrogens (tertiary/aromatic N) is 2. The largest absolute Gasteiger partial charge is 0.350 e. The number of sulfonamides is 1. The van der Waals surface area contributed by atoms with Crippen LogP contribution in [0.25, 0.3) is 10.6 Å². The molecule has 2 aromatic carbocycles. The molecule has 0 atom stereocenters. The average Bonchev–Trinajstić information content (AvgIpc) is 3.27. The molecular formula is C22H22FN3O3S2. The Morgan fingerprint density at radius 2 is 1.77 bits per heavy atom. The zero-order valence-electron chi connectivity index (χ0n) is 16.7. The van der Waals surface area contributed by atoms with Gasteiger partial charge in [-0.15, -0.1) is 11.3 Å². The van der Waals surface area contributed by atoms with Crippen molar-refractivity contribution in [3.05, 3.63) is 71.5 Å². The minimum atomic E-state index is -3.90. The summed E-state index contributed by atoms with van der Waals surface area (Å²) in [6.45, 7) is 0.698. The number of rotatable bonds is 6. The Kier molecular flexibility index (Phi) is 6.45. The van der Waals surface area contributed by atoms with Gasteiger partial charge < -0.3 is 5.32 Å². The molecule has 1 saturated heterocycles. The summed E-state index contributed by atoms with van der Waals surface area (Å²) in [6, 6.07) is 15.2. The molecule has 3 aromatic rings. The van der Waals surface area contributed by atoms with E-state index in [0.29, 0.717) is 19.4 Å². The predicted molar refractivity (Wildman–Crippen MR) is 117 cm³/mol. The maximum Gasteiger partial charge on any atom is 0.245 e. The van der Waals surface area contributed by atoms with Gasteiger partial charge in [-0.1, -0.05) is 42.5 Å². The lowest BCUT2D eigenvalue weighted by Crippen LogP contribution is -2.43. The van der Waals surface area contributed by atoms with E-state index in [-0.39, 0.29) is 29.8 Å². The molecule has 0 aliphatic carbocycles. The number of hydrogen-bond donors (Lipinski definition) is 1. The molecule has 162 valence electrons. The van der Waals surface area contributed by atoms with Crippen molar-refractivity contribution in [2.45, 2.75) is 24.3 Å². The van der Waals surface area contributed by atoms with E-state index in [1.54, 1.807) is 0 Å². The molecule has 1 amide bonds. The van der Waals surface area contributed by atoms with Crippen LogP contribution >= 0.6 is 11.3 Å². The first-order valence-electron chi connectivity index (χ1n) is 9.97. The summed E-state index contributed by atoms with van der Waals surface area (Å²) in [5.74, 6) is -1.16. The summed E-state index contributed by atoms with van der Waals surface area (Å²) in [6.07, 6.45) is 0.789. The lowest BCUT2D eigenvalue weighted by atomic mass is 9.97. The van der Waals surface area contributed by atoms with Crippen LogP contribution in [-0.4, -0.2) is 36.7 Å². The number of piperidine rings is 1. The molecule has 0 saturated carbocycles. The molecule has 1 aliphatic heterocycles. The Bertz CT molecular complexity index is 1160. The van der Waals surface area contributed by atoms with Gasteiger partial charge in [0.25, 0.3) is 0 Å². The summed E-state index contributed by atoms with van der Waals surface area (Å²) < 4.78 is 40.6. The average molecular weight is 460 g/mol. The van der Waals surface area contributed by atoms with Crippen LogP contribution in [0.5, 0.6) is 0 Å². The van der Waals surface area contributed by atoms with E-state index >= 15 is 0 Å². The minimum absolute atomic E-state index is 0.114. The Morgan fingerprint density at radius 1 is 1.10 bits per heavy atom. The number of carbonyl (C=O) groups is 1. The van der Waals surface area contributed by atoms with E-state index in [9.17, 15) is 17.6 Å². The monoisotopic (exact) mass is 459 g/mol. The summed E-state index contributed by atoms with van der Waals surface area (Å²) in [5.41, 5.74) is 1.82. The first kappa shape index (κ1) is 21.6. The zero-order valence-corrected chi connectivity index (χ0v) is 18.3. The van der Waals surface area contributed by atoms with Gasteiger partial charge in [-0.25, -0.2) is 17.8 Å². The molecule has 1 aliphatic rings. The third kappa shape index (κ3) is 4.84. The molecule has 9 heteroatoms. The minimum Gasteiger partial charge on any atom is -0.350 e. The second kappa shape index (κ2) is 9.25. The molecule has 0 spiro atoms. The highest BCUT2D eigenvalue weighted by Gasteiger charge is 2.33. The number of carbonyl (C=O) groups excluding carboxylic acids is 1. The van der Waals surface area contributed by atoms with Crippen LogP contribution in [0.3, 0.4) is 0 Å². The van der Waals surface area contributed by atoms with Crippen molar-refractivity contribution in [3.8, 4) is 10.6 Å². The Balaban J connectivity index is 1.31. The summed E-state index contributed by atoms with van der Waals surface area (Å²) in [4.78, 5) is 16.8. The Hall–Kier alpha value is -2.62. The number of hydrogen-bond acceptors (Lipinski definition) is 5. The fourth-order valence-corrected chi connectivity index (χ4v) is 5.94. The molecule has 1 fully saturated rings. The number of benzene rings is 2. The van der Waals surface area contributed by atoms with E-state index in [4.69, 9.17) is 0 Å². The predicted octanol–water partition coefficient (Wildman–Crippen LogP) is 3.67. The lowest BCUT2D eigenvalue weighted by Gasteiger charge is -2.30. The molecular weight excluding hydrogens is 437 g/mol. The van der Waals surface area contributed by atoms with Gasteiger partial charge in [0.05, 0.1) is 12.2 Å². The second-order valence-electron chi connectivity index (χ2n) is 7.34. The molecule has 31 heavy (non-hydrogen) atoms. The van der Waals surface area contributed by atoms with Gasteiger partial charge in [0.1, 0.15) is 15.7 Å². The van der Waals surface area contributed by atoms with Crippen molar-refractivity contribution >= 4 is 27.3 Å². The number of aromatic nitrogens is 1. The zero-order chi connectivity index (χ0) is 21.8. The molecule has 6 nitrogen and oxygen atoms in total. The first-order chi connectivity index (χ1) is 14.9. The molecule has 0 bridgehead atoms. The molecule has 2 heterocycles. The van der Waals surface area contributed by atoms with E-state index < -0.39 is 15.8 Å². The molecule has 0 radical (unpaired) electrons. The Morgan fingerprint density at radius 3 is 2.48 bits per heavy atom. The van der Waals surface area contributed by atoms with Crippen LogP contribution in [0.15, 0.2) is 64.9 Å². The van der Waals surface area contributed by atoms with E-state index in [1.807, 2.05) is 35.7 Å². The normalized spacial score (nSPS) is 15.6. The Labute approximate surface area is 184 Å². The van der Waals surface area contributed by atoms with Crippen LogP contribution in [0.4, 0.5) is 4.39 Å². The fourth-order valence-electron chi connectivity index (χ4n) is 3.57. The summed E-state index contributed by atoms with van der Waals surface area (Å²) >= 11 is 1.53. The van der Waals surface area contributed by atoms with Crippen LogP contribution in [0, 0.1) is 11.7 Å². The smallest absolute Gasteiger partial charge is 0.245 e. The number of halogens is 1. The maximum atomic E-state index is 13.9. The van der Waals surface area contributed by atoms with Crippen molar-refractivity contribution in [1.82, 2.24) is 14.6 Å². The van der Waals surface area contributed by atoms with Gasteiger partial charge in [0.15, 0.2) is 0 Å². The van der Waals surface area contributed by atoms with E-state index in [0.717, 1.165) is 22.3 Å². The molecule has 1 aromatic heterocycles. The van der Waals surface area contributed by atoms with Crippen LogP contribution in [-0.2, 0) is 21.4 Å². The van der Waals surface area contributed by atoms with Crippen molar-refractivity contribution in [3.63, 3.8) is 0 Å². The lowest BCUT2D eigenvalue weighted by molar-refractivity contribution is -0.126. The molecule has 1 N–H and O–H groups in total. The van der Waals surface area contributed by atoms with Crippen molar-refractivity contribution < 1.29 is 17.6 Å². The third-order valence-corrected chi connectivity index (χ3v) is 8.17. The first-order valence-corrected chi connectivity index (χ1v) is 12.3. The number of nitrogens with one attached hydrogen (secondary N) is 1. The quantitative estimate of drug-likeness (QED) is 0.610. The van der Waals surface area contributed by atoms with Gasteiger partial charge in [0, 0.05) is 30.0 Å². The van der Waals surface area contributed by atoms with Crippen LogP contribution < -0.4 is 5.32 Å². The SMILES string of the molecule is O=C(NCc1csc(-c2ccccc2)n1)C1CCN(S(=O)(=O)c2ccccc2F)CC1. The third-order valence-electron chi connectivity index (χ3n) is 5.30. The number of amides is 1. The highest BCUT2D eigenvalue weighted by molar-refractivity contribution is 7.89. The van der Waals surface area contributed by atoms with Crippen molar-refractivity contribution in [2.24, 2.45) is 5.92 Å². The van der Waals surface area contributed by atoms with Crippen molar-refractivity contribution in [2.75, 3.05) is 13.1 Å². The molecule has 4 rings (SSSR count). The highest BCUT2D eigenvalue weighted by atomic mass is 32.2. The maximum absolute atomic E-state index is 13.9. The standard InChI is InChI=1S/C22H22FN3O3S2/c23-19-8-4-5-9-20(19)31(28,29)26-12-10-16(11-13-26)21(27)24-14-18-15-30-22(25-18)17-6-2-1-3-7-17/h1-9,15-16H,10-14H2,(H,24,27). The topological polar surface area (TPSA) is 79.4 Å². The molecule has 0 unspecified atom stereocenters. The van der Waals surface area contributed by atoms with E-state index in [1.165, 1.54) is 33.8 Å². The van der Waals surface area contributed by atoms with Gasteiger partial charge in [-0.05, 0) is 25.0 Å². The highest BCUT2D eigenvalue weighted by Crippen LogP contribution is 2.26. The van der Waals surface area contributed by atoms with Crippen molar-refractivity contribution in [1.29, 1.82) is 0 Å². The second-order valence-corrected chi connectivity index (χ2v) is 10.1. The van der Waals surface area contributed by atoms with Gasteiger partial charge in [-0.3, -0.25) is 4.79 Å².